The lowest BCUT2D eigenvalue weighted by atomic mass is 10.1. The van der Waals surface area contributed by atoms with Crippen molar-refractivity contribution in [2.24, 2.45) is 5.92 Å². The Labute approximate surface area is 115 Å². The fraction of sp³-hybridized carbons (Fsp3) is 0.571. The van der Waals surface area contributed by atoms with E-state index in [2.05, 4.69) is 4.72 Å². The summed E-state index contributed by atoms with van der Waals surface area (Å²) >= 11 is 0. The van der Waals surface area contributed by atoms with Gasteiger partial charge in [0.25, 0.3) is 0 Å². The van der Waals surface area contributed by atoms with E-state index >= 15 is 0 Å². The van der Waals surface area contributed by atoms with Crippen molar-refractivity contribution in [3.63, 3.8) is 0 Å². The lowest BCUT2D eigenvalue weighted by Crippen LogP contribution is -2.40. The number of hydrogen-bond donors (Lipinski definition) is 2. The van der Waals surface area contributed by atoms with Gasteiger partial charge in [-0.1, -0.05) is 44.2 Å². The Morgan fingerprint density at radius 2 is 1.84 bits per heavy atom. The molecule has 0 saturated heterocycles. The fourth-order valence-corrected chi connectivity index (χ4v) is 3.31. The summed E-state index contributed by atoms with van der Waals surface area (Å²) in [7, 11) is -3.32. The Balaban J connectivity index is 2.56. The Morgan fingerprint density at radius 1 is 1.21 bits per heavy atom. The van der Waals surface area contributed by atoms with Gasteiger partial charge in [-0.25, -0.2) is 13.1 Å². The molecule has 1 atom stereocenters. The maximum absolute atomic E-state index is 11.9. The Morgan fingerprint density at radius 3 is 2.37 bits per heavy atom. The van der Waals surface area contributed by atoms with E-state index in [1.807, 2.05) is 44.2 Å². The summed E-state index contributed by atoms with van der Waals surface area (Å²) in [5.74, 6) is 0.453. The van der Waals surface area contributed by atoms with Crippen LogP contribution in [0.15, 0.2) is 30.3 Å². The Bertz CT molecular complexity index is 457. The van der Waals surface area contributed by atoms with Gasteiger partial charge in [0.05, 0.1) is 12.4 Å². The molecule has 0 saturated carbocycles. The van der Waals surface area contributed by atoms with E-state index in [9.17, 15) is 13.5 Å². The molecule has 0 aliphatic carbocycles. The minimum Gasteiger partial charge on any atom is -0.395 e. The second-order valence-electron chi connectivity index (χ2n) is 5.19. The van der Waals surface area contributed by atoms with E-state index in [0.29, 0.717) is 18.8 Å². The van der Waals surface area contributed by atoms with Crippen LogP contribution in [0.25, 0.3) is 0 Å². The van der Waals surface area contributed by atoms with Gasteiger partial charge in [-0.05, 0) is 24.3 Å². The standard InChI is InChI=1S/C14H23NO3S/c1-12(2)8-9-19(17,18)15-14(11-16)10-13-6-4-3-5-7-13/h3-7,12,14-16H,8-11H2,1-2H3. The molecule has 0 fully saturated rings. The third kappa shape index (κ3) is 6.71. The van der Waals surface area contributed by atoms with Gasteiger partial charge in [0.2, 0.25) is 10.0 Å². The lowest BCUT2D eigenvalue weighted by molar-refractivity contribution is 0.256. The summed E-state index contributed by atoms with van der Waals surface area (Å²) in [6.07, 6.45) is 1.12. The first-order valence-electron chi connectivity index (χ1n) is 6.57. The van der Waals surface area contributed by atoms with Crippen LogP contribution in [0.2, 0.25) is 0 Å². The van der Waals surface area contributed by atoms with Gasteiger partial charge < -0.3 is 5.11 Å². The zero-order valence-electron chi connectivity index (χ0n) is 11.5. The van der Waals surface area contributed by atoms with Crippen molar-refractivity contribution < 1.29 is 13.5 Å². The van der Waals surface area contributed by atoms with Crippen LogP contribution in [0.4, 0.5) is 0 Å². The topological polar surface area (TPSA) is 66.4 Å². The first-order chi connectivity index (χ1) is 8.93. The average Bonchev–Trinajstić information content (AvgIpc) is 2.37. The van der Waals surface area contributed by atoms with Gasteiger partial charge >= 0.3 is 0 Å². The maximum atomic E-state index is 11.9. The molecule has 2 N–H and O–H groups in total. The smallest absolute Gasteiger partial charge is 0.211 e. The Kier molecular flexibility index (Phi) is 6.48. The van der Waals surface area contributed by atoms with E-state index in [0.717, 1.165) is 5.56 Å². The predicted octanol–water partition coefficient (Wildman–Crippen LogP) is 1.56. The molecule has 0 spiro atoms. The molecular formula is C14H23NO3S. The molecule has 0 aromatic heterocycles. The molecule has 1 aromatic rings. The van der Waals surface area contributed by atoms with Gasteiger partial charge in [-0.15, -0.1) is 0 Å². The predicted molar refractivity (Wildman–Crippen MR) is 77.4 cm³/mol. The number of aliphatic hydroxyl groups is 1. The number of sulfonamides is 1. The van der Waals surface area contributed by atoms with Crippen molar-refractivity contribution in [2.45, 2.75) is 32.7 Å². The number of nitrogens with one attached hydrogen (secondary N) is 1. The lowest BCUT2D eigenvalue weighted by Gasteiger charge is -2.17. The number of aliphatic hydroxyl groups excluding tert-OH is 1. The minimum atomic E-state index is -3.32. The number of hydrogen-bond acceptors (Lipinski definition) is 3. The van der Waals surface area contributed by atoms with Crippen molar-refractivity contribution in [3.05, 3.63) is 35.9 Å². The van der Waals surface area contributed by atoms with Crippen LogP contribution >= 0.6 is 0 Å². The van der Waals surface area contributed by atoms with Crippen LogP contribution in [-0.2, 0) is 16.4 Å². The van der Waals surface area contributed by atoms with Crippen LogP contribution in [-0.4, -0.2) is 31.9 Å². The van der Waals surface area contributed by atoms with Crippen LogP contribution in [0, 0.1) is 5.92 Å². The molecule has 0 aliphatic heterocycles. The molecular weight excluding hydrogens is 262 g/mol. The highest BCUT2D eigenvalue weighted by molar-refractivity contribution is 7.89. The molecule has 0 amide bonds. The zero-order chi connectivity index (χ0) is 14.3. The largest absolute Gasteiger partial charge is 0.395 e. The summed E-state index contributed by atoms with van der Waals surface area (Å²) in [5, 5.41) is 9.30. The molecule has 5 heteroatoms. The number of rotatable bonds is 8. The van der Waals surface area contributed by atoms with Crippen molar-refractivity contribution >= 4 is 10.0 Å². The van der Waals surface area contributed by atoms with Crippen LogP contribution in [0.3, 0.4) is 0 Å². The monoisotopic (exact) mass is 285 g/mol. The molecule has 0 bridgehead atoms. The van der Waals surface area contributed by atoms with Gasteiger partial charge in [-0.2, -0.15) is 0 Å². The SMILES string of the molecule is CC(C)CCS(=O)(=O)NC(CO)Cc1ccccc1. The van der Waals surface area contributed by atoms with Crippen molar-refractivity contribution in [1.29, 1.82) is 0 Å². The van der Waals surface area contributed by atoms with E-state index < -0.39 is 16.1 Å². The first kappa shape index (κ1) is 16.1. The zero-order valence-corrected chi connectivity index (χ0v) is 12.4. The van der Waals surface area contributed by atoms with Crippen molar-refractivity contribution in [3.8, 4) is 0 Å². The van der Waals surface area contributed by atoms with Crippen molar-refractivity contribution in [2.75, 3.05) is 12.4 Å². The third-order valence-corrected chi connectivity index (χ3v) is 4.32. The third-order valence-electron chi connectivity index (χ3n) is 2.86. The van der Waals surface area contributed by atoms with Gasteiger partial charge in [0.1, 0.15) is 0 Å². The second-order valence-corrected chi connectivity index (χ2v) is 7.06. The molecule has 4 nitrogen and oxygen atoms in total. The molecule has 0 radical (unpaired) electrons. The van der Waals surface area contributed by atoms with E-state index in [4.69, 9.17) is 0 Å². The summed E-state index contributed by atoms with van der Waals surface area (Å²) in [6, 6.07) is 9.09. The van der Waals surface area contributed by atoms with Gasteiger partial charge in [0.15, 0.2) is 0 Å². The van der Waals surface area contributed by atoms with Gasteiger partial charge in [-0.3, -0.25) is 0 Å². The Hall–Kier alpha value is -0.910. The molecule has 0 heterocycles. The maximum Gasteiger partial charge on any atom is 0.211 e. The van der Waals surface area contributed by atoms with E-state index in [-0.39, 0.29) is 12.4 Å². The molecule has 1 aromatic carbocycles. The van der Waals surface area contributed by atoms with Crippen LogP contribution in [0.1, 0.15) is 25.8 Å². The minimum absolute atomic E-state index is 0.107. The van der Waals surface area contributed by atoms with E-state index in [1.54, 1.807) is 0 Å². The first-order valence-corrected chi connectivity index (χ1v) is 8.23. The molecule has 108 valence electrons. The summed E-state index contributed by atoms with van der Waals surface area (Å²) < 4.78 is 26.3. The summed E-state index contributed by atoms with van der Waals surface area (Å²) in [6.45, 7) is 3.78. The quantitative estimate of drug-likeness (QED) is 0.761. The normalized spacial score (nSPS) is 13.7. The fourth-order valence-electron chi connectivity index (χ4n) is 1.75. The highest BCUT2D eigenvalue weighted by Gasteiger charge is 2.17. The van der Waals surface area contributed by atoms with Crippen LogP contribution in [0.5, 0.6) is 0 Å². The summed E-state index contributed by atoms with van der Waals surface area (Å²) in [4.78, 5) is 0. The molecule has 19 heavy (non-hydrogen) atoms. The number of benzene rings is 1. The highest BCUT2D eigenvalue weighted by atomic mass is 32.2. The van der Waals surface area contributed by atoms with Crippen LogP contribution < -0.4 is 4.72 Å². The molecule has 0 aliphatic rings. The van der Waals surface area contributed by atoms with E-state index in [1.165, 1.54) is 0 Å². The molecule has 1 unspecified atom stereocenters. The highest BCUT2D eigenvalue weighted by Crippen LogP contribution is 2.06. The average molecular weight is 285 g/mol. The summed E-state index contributed by atoms with van der Waals surface area (Å²) in [5.41, 5.74) is 1.01. The molecule has 1 rings (SSSR count). The second kappa shape index (κ2) is 7.62. The van der Waals surface area contributed by atoms with Gasteiger partial charge in [0, 0.05) is 6.04 Å². The van der Waals surface area contributed by atoms with Crippen molar-refractivity contribution in [1.82, 2.24) is 4.72 Å².